The fourth-order valence-electron chi connectivity index (χ4n) is 5.54. The molecule has 1 atom stereocenters. The topological polar surface area (TPSA) is 49.9 Å². The van der Waals surface area contributed by atoms with Crippen LogP contribution in [0.3, 0.4) is 0 Å². The Kier molecular flexibility index (Phi) is 8.42. The van der Waals surface area contributed by atoms with E-state index in [0.29, 0.717) is 42.8 Å². The number of alkyl halides is 6. The van der Waals surface area contributed by atoms with Crippen LogP contribution in [0.1, 0.15) is 85.9 Å². The van der Waals surface area contributed by atoms with Crippen LogP contribution in [-0.4, -0.2) is 29.5 Å². The molecule has 2 aromatic carbocycles. The van der Waals surface area contributed by atoms with E-state index in [4.69, 9.17) is 4.74 Å². The molecule has 0 bridgehead atoms. The Labute approximate surface area is 229 Å². The van der Waals surface area contributed by atoms with Crippen LogP contribution >= 0.6 is 0 Å². The molecule has 218 valence electrons. The zero-order valence-corrected chi connectivity index (χ0v) is 22.6. The van der Waals surface area contributed by atoms with Gasteiger partial charge in [0.05, 0.1) is 29.0 Å². The Hall–Kier alpha value is -3.24. The van der Waals surface area contributed by atoms with Crippen LogP contribution in [0, 0.1) is 0 Å². The van der Waals surface area contributed by atoms with Crippen LogP contribution in [0.2, 0.25) is 0 Å². The van der Waals surface area contributed by atoms with Crippen molar-refractivity contribution in [3.05, 3.63) is 63.7 Å². The number of halogens is 6. The van der Waals surface area contributed by atoms with Gasteiger partial charge < -0.3 is 9.64 Å². The van der Waals surface area contributed by atoms with Crippen molar-refractivity contribution in [1.82, 2.24) is 4.90 Å². The van der Waals surface area contributed by atoms with Gasteiger partial charge in [-0.3, -0.25) is 9.69 Å². The van der Waals surface area contributed by atoms with Crippen LogP contribution in [0.5, 0.6) is 0 Å². The molecule has 0 aromatic heterocycles. The molecule has 40 heavy (non-hydrogen) atoms. The molecule has 11 heteroatoms. The molecule has 0 radical (unpaired) electrons. The molecule has 1 aliphatic heterocycles. The van der Waals surface area contributed by atoms with Gasteiger partial charge in [0.2, 0.25) is 5.91 Å². The normalized spacial score (nSPS) is 17.6. The smallest absolute Gasteiger partial charge is 0.416 e. The molecule has 5 nitrogen and oxygen atoms in total. The highest BCUT2D eigenvalue weighted by atomic mass is 19.4. The zero-order chi connectivity index (χ0) is 29.4. The van der Waals surface area contributed by atoms with E-state index >= 15 is 0 Å². The number of benzene rings is 2. The third-order valence-corrected chi connectivity index (χ3v) is 7.34. The predicted octanol–water partition coefficient (Wildman–Crippen LogP) is 7.84. The molecule has 2 aliphatic rings. The number of hydrogen-bond acceptors (Lipinski definition) is 3. The van der Waals surface area contributed by atoms with Crippen molar-refractivity contribution < 1.29 is 40.7 Å². The standard InChI is InChI=1S/C29H32F6N2O3/c1-17(2)40-27(39)36-10-6-9-25(24-13-20-7-4-5-8-21(20)14-26(24)36)37(18(3)38)16-19-11-22(28(30,31)32)15-23(12-19)29(33,34)35/h11-15,17,25H,4-10,16H2,1-3H3. The van der Waals surface area contributed by atoms with Crippen molar-refractivity contribution in [3.63, 3.8) is 0 Å². The minimum Gasteiger partial charge on any atom is -0.446 e. The van der Waals surface area contributed by atoms with Gasteiger partial charge in [0.25, 0.3) is 0 Å². The van der Waals surface area contributed by atoms with Gasteiger partial charge in [0.1, 0.15) is 0 Å². The van der Waals surface area contributed by atoms with Gasteiger partial charge in [-0.25, -0.2) is 4.79 Å². The number of hydrogen-bond donors (Lipinski definition) is 0. The highest BCUT2D eigenvalue weighted by molar-refractivity contribution is 5.90. The number of fused-ring (bicyclic) bond motifs is 2. The van der Waals surface area contributed by atoms with E-state index in [9.17, 15) is 35.9 Å². The molecule has 0 saturated carbocycles. The minimum absolute atomic E-state index is 0.0764. The van der Waals surface area contributed by atoms with Crippen molar-refractivity contribution in [2.45, 2.75) is 90.3 Å². The molecule has 0 saturated heterocycles. The van der Waals surface area contributed by atoms with Crippen LogP contribution in [-0.2, 0) is 41.3 Å². The van der Waals surface area contributed by atoms with Crippen molar-refractivity contribution in [2.75, 3.05) is 11.4 Å². The van der Waals surface area contributed by atoms with E-state index < -0.39 is 48.1 Å². The van der Waals surface area contributed by atoms with Crippen LogP contribution < -0.4 is 4.90 Å². The average molecular weight is 571 g/mol. The molecular formula is C29H32F6N2O3. The second kappa shape index (κ2) is 11.3. The molecular weight excluding hydrogens is 538 g/mol. The second-order valence-electron chi connectivity index (χ2n) is 10.7. The quantitative estimate of drug-likeness (QED) is 0.352. The summed E-state index contributed by atoms with van der Waals surface area (Å²) in [5, 5.41) is 0. The fourth-order valence-corrected chi connectivity index (χ4v) is 5.54. The number of amides is 2. The summed E-state index contributed by atoms with van der Waals surface area (Å²) < 4.78 is 86.5. The monoisotopic (exact) mass is 570 g/mol. The van der Waals surface area contributed by atoms with E-state index in [1.807, 2.05) is 12.1 Å². The molecule has 0 fully saturated rings. The Morgan fingerprint density at radius 2 is 1.50 bits per heavy atom. The molecule has 2 amide bonds. The lowest BCUT2D eigenvalue weighted by molar-refractivity contribution is -0.143. The third kappa shape index (κ3) is 6.55. The SMILES string of the molecule is CC(=O)N(Cc1cc(C(F)(F)F)cc(C(F)(F)F)c1)C1CCCN(C(=O)OC(C)C)c2cc3c(cc21)CCCC3. The van der Waals surface area contributed by atoms with Crippen molar-refractivity contribution >= 4 is 17.7 Å². The number of nitrogens with zero attached hydrogens (tertiary/aromatic N) is 2. The van der Waals surface area contributed by atoms with Crippen molar-refractivity contribution in [3.8, 4) is 0 Å². The highest BCUT2D eigenvalue weighted by Crippen LogP contribution is 2.42. The minimum atomic E-state index is -5.00. The summed E-state index contributed by atoms with van der Waals surface area (Å²) in [6.07, 6.45) is -6.53. The van der Waals surface area contributed by atoms with Crippen LogP contribution in [0.4, 0.5) is 36.8 Å². The molecule has 0 spiro atoms. The number of carbonyl (C=O) groups excluding carboxylic acids is 2. The number of aryl methyl sites for hydroxylation is 2. The van der Waals surface area contributed by atoms with Crippen LogP contribution in [0.25, 0.3) is 0 Å². The zero-order valence-electron chi connectivity index (χ0n) is 22.6. The van der Waals surface area contributed by atoms with Gasteiger partial charge in [-0.15, -0.1) is 0 Å². The lowest BCUT2D eigenvalue weighted by Gasteiger charge is -2.34. The summed E-state index contributed by atoms with van der Waals surface area (Å²) in [5.41, 5.74) is 0.193. The summed E-state index contributed by atoms with van der Waals surface area (Å²) in [5.74, 6) is -0.502. The number of rotatable bonds is 4. The Morgan fingerprint density at radius 1 is 0.925 bits per heavy atom. The van der Waals surface area contributed by atoms with Gasteiger partial charge in [0.15, 0.2) is 0 Å². The van der Waals surface area contributed by atoms with E-state index in [2.05, 4.69) is 0 Å². The van der Waals surface area contributed by atoms with Gasteiger partial charge >= 0.3 is 18.4 Å². The van der Waals surface area contributed by atoms with E-state index in [-0.39, 0.29) is 17.7 Å². The largest absolute Gasteiger partial charge is 0.446 e. The average Bonchev–Trinajstić information content (AvgIpc) is 3.03. The van der Waals surface area contributed by atoms with Gasteiger partial charge in [0, 0.05) is 20.0 Å². The maximum absolute atomic E-state index is 13.5. The van der Waals surface area contributed by atoms with Gasteiger partial charge in [-0.1, -0.05) is 6.07 Å². The molecule has 4 rings (SSSR count). The van der Waals surface area contributed by atoms with Gasteiger partial charge in [-0.05, 0) is 98.9 Å². The maximum atomic E-state index is 13.5. The van der Waals surface area contributed by atoms with Crippen LogP contribution in [0.15, 0.2) is 30.3 Å². The number of ether oxygens (including phenoxy) is 1. The fraction of sp³-hybridized carbons (Fsp3) is 0.517. The highest BCUT2D eigenvalue weighted by Gasteiger charge is 2.38. The Morgan fingerprint density at radius 3 is 2.02 bits per heavy atom. The lowest BCUT2D eigenvalue weighted by Crippen LogP contribution is -2.35. The van der Waals surface area contributed by atoms with E-state index in [1.54, 1.807) is 13.8 Å². The maximum Gasteiger partial charge on any atom is 0.416 e. The summed E-state index contributed by atoms with van der Waals surface area (Å²) >= 11 is 0. The first kappa shape index (κ1) is 29.7. The first-order chi connectivity index (χ1) is 18.6. The predicted molar refractivity (Wildman–Crippen MR) is 137 cm³/mol. The summed E-state index contributed by atoms with van der Waals surface area (Å²) in [6.45, 7) is 4.54. The summed E-state index contributed by atoms with van der Waals surface area (Å²) in [7, 11) is 0. The first-order valence-electron chi connectivity index (χ1n) is 13.3. The number of carbonyl (C=O) groups is 2. The van der Waals surface area contributed by atoms with E-state index in [0.717, 1.165) is 36.8 Å². The molecule has 1 heterocycles. The Balaban J connectivity index is 1.81. The van der Waals surface area contributed by atoms with Crippen molar-refractivity contribution in [1.29, 1.82) is 0 Å². The molecule has 2 aromatic rings. The van der Waals surface area contributed by atoms with E-state index in [1.165, 1.54) is 16.7 Å². The van der Waals surface area contributed by atoms with Gasteiger partial charge in [-0.2, -0.15) is 26.3 Å². The lowest BCUT2D eigenvalue weighted by atomic mass is 9.87. The Bertz CT molecular complexity index is 1240. The van der Waals surface area contributed by atoms with Crippen molar-refractivity contribution in [2.24, 2.45) is 0 Å². The third-order valence-electron chi connectivity index (χ3n) is 7.34. The molecule has 1 unspecified atom stereocenters. The summed E-state index contributed by atoms with van der Waals surface area (Å²) in [6, 6.07) is 4.59. The number of anilines is 1. The molecule has 1 aliphatic carbocycles. The molecule has 0 N–H and O–H groups in total. The first-order valence-corrected chi connectivity index (χ1v) is 13.3. The second-order valence-corrected chi connectivity index (χ2v) is 10.7. The summed E-state index contributed by atoms with van der Waals surface area (Å²) in [4.78, 5) is 28.9.